The number of hydrogen-bond donors (Lipinski definition) is 0. The second kappa shape index (κ2) is 11.4. The Balaban J connectivity index is 1.22. The summed E-state index contributed by atoms with van der Waals surface area (Å²) in [6.45, 7) is 1.33. The summed E-state index contributed by atoms with van der Waals surface area (Å²) in [5.74, 6) is -0.709. The molecule has 0 heterocycles. The number of hydrogen-bond acceptors (Lipinski definition) is 5. The molecule has 0 saturated carbocycles. The molecule has 0 atom stereocenters. The van der Waals surface area contributed by atoms with Gasteiger partial charge in [0.25, 0.3) is 0 Å². The van der Waals surface area contributed by atoms with E-state index in [9.17, 15) is 9.59 Å². The zero-order valence-corrected chi connectivity index (χ0v) is 20.4. The van der Waals surface area contributed by atoms with E-state index in [4.69, 9.17) is 9.47 Å². The predicted molar refractivity (Wildman–Crippen MR) is 147 cm³/mol. The van der Waals surface area contributed by atoms with Gasteiger partial charge in [-0.3, -0.25) is 0 Å². The molecule has 37 heavy (non-hydrogen) atoms. The summed E-state index contributed by atoms with van der Waals surface area (Å²) in [6.07, 6.45) is 0. The molecule has 0 amide bonds. The number of anilines is 1. The first-order chi connectivity index (χ1) is 18.2. The SMILES string of the molecule is O=C(OCCN(CCOC(=O)c1cccc2ccccc12)c1ccccc1)c1cccc2ccccc12. The highest BCUT2D eigenvalue weighted by molar-refractivity contribution is 6.05. The van der Waals surface area contributed by atoms with Crippen molar-refractivity contribution in [3.8, 4) is 0 Å². The molecule has 0 radical (unpaired) electrons. The number of nitrogens with zero attached hydrogens (tertiary/aromatic N) is 1. The van der Waals surface area contributed by atoms with Crippen LogP contribution in [0.5, 0.6) is 0 Å². The number of ether oxygens (including phenoxy) is 2. The lowest BCUT2D eigenvalue weighted by Gasteiger charge is -2.24. The van der Waals surface area contributed by atoms with Crippen LogP contribution in [0.15, 0.2) is 115 Å². The second-order valence-corrected chi connectivity index (χ2v) is 8.65. The number of para-hydroxylation sites is 1. The summed E-state index contributed by atoms with van der Waals surface area (Å²) in [5.41, 5.74) is 2.06. The standard InChI is InChI=1S/C32H27NO4/c34-31(29-18-8-12-24-10-4-6-16-27(24)29)36-22-20-33(26-14-2-1-3-15-26)21-23-37-32(35)30-19-9-13-25-11-5-7-17-28(25)30/h1-19H,20-23H2. The number of carbonyl (C=O) groups is 2. The van der Waals surface area contributed by atoms with Crippen LogP contribution < -0.4 is 4.90 Å². The maximum absolute atomic E-state index is 12.8. The van der Waals surface area contributed by atoms with E-state index >= 15 is 0 Å². The quantitative estimate of drug-likeness (QED) is 0.221. The molecule has 0 unspecified atom stereocenters. The van der Waals surface area contributed by atoms with Gasteiger partial charge < -0.3 is 14.4 Å². The van der Waals surface area contributed by atoms with Crippen LogP contribution in [0.25, 0.3) is 21.5 Å². The fourth-order valence-corrected chi connectivity index (χ4v) is 4.47. The highest BCUT2D eigenvalue weighted by atomic mass is 16.5. The van der Waals surface area contributed by atoms with Gasteiger partial charge in [0.2, 0.25) is 0 Å². The largest absolute Gasteiger partial charge is 0.460 e. The molecular formula is C32H27NO4. The fraction of sp³-hybridized carbons (Fsp3) is 0.125. The average Bonchev–Trinajstić information content (AvgIpc) is 2.96. The average molecular weight is 490 g/mol. The third kappa shape index (κ3) is 5.62. The third-order valence-electron chi connectivity index (χ3n) is 6.33. The lowest BCUT2D eigenvalue weighted by molar-refractivity contribution is 0.0506. The molecule has 0 aliphatic heterocycles. The molecule has 0 aliphatic rings. The number of rotatable bonds is 9. The van der Waals surface area contributed by atoms with E-state index in [0.29, 0.717) is 24.2 Å². The Kier molecular flexibility index (Phi) is 7.42. The highest BCUT2D eigenvalue weighted by Gasteiger charge is 2.15. The molecule has 0 fully saturated rings. The monoisotopic (exact) mass is 489 g/mol. The van der Waals surface area contributed by atoms with Crippen LogP contribution in [0.3, 0.4) is 0 Å². The number of carbonyl (C=O) groups excluding carboxylic acids is 2. The molecule has 0 spiro atoms. The molecule has 0 aliphatic carbocycles. The second-order valence-electron chi connectivity index (χ2n) is 8.65. The van der Waals surface area contributed by atoms with Crippen molar-refractivity contribution in [3.63, 3.8) is 0 Å². The van der Waals surface area contributed by atoms with E-state index in [1.807, 2.05) is 108 Å². The minimum absolute atomic E-state index is 0.203. The number of esters is 2. The van der Waals surface area contributed by atoms with Crippen LogP contribution in [0.2, 0.25) is 0 Å². The summed E-state index contributed by atoms with van der Waals surface area (Å²) in [7, 11) is 0. The van der Waals surface area contributed by atoms with E-state index in [0.717, 1.165) is 27.2 Å². The topological polar surface area (TPSA) is 55.8 Å². The molecule has 5 rings (SSSR count). The van der Waals surface area contributed by atoms with Crippen LogP contribution in [0, 0.1) is 0 Å². The highest BCUT2D eigenvalue weighted by Crippen LogP contribution is 2.21. The van der Waals surface area contributed by atoms with Gasteiger partial charge in [0.15, 0.2) is 0 Å². The predicted octanol–water partition coefficient (Wildman–Crippen LogP) is 6.51. The maximum atomic E-state index is 12.8. The van der Waals surface area contributed by atoms with E-state index in [2.05, 4.69) is 0 Å². The van der Waals surface area contributed by atoms with Gasteiger partial charge in [-0.1, -0.05) is 91.0 Å². The zero-order valence-electron chi connectivity index (χ0n) is 20.4. The Bertz CT molecular complexity index is 1420. The fourth-order valence-electron chi connectivity index (χ4n) is 4.47. The van der Waals surface area contributed by atoms with Crippen molar-refractivity contribution in [2.75, 3.05) is 31.2 Å². The number of fused-ring (bicyclic) bond motifs is 2. The van der Waals surface area contributed by atoms with Gasteiger partial charge in [0.05, 0.1) is 24.2 Å². The number of benzene rings is 5. The van der Waals surface area contributed by atoms with Crippen molar-refractivity contribution in [1.29, 1.82) is 0 Å². The van der Waals surface area contributed by atoms with Gasteiger partial charge >= 0.3 is 11.9 Å². The van der Waals surface area contributed by atoms with Gasteiger partial charge in [-0.05, 0) is 45.8 Å². The lowest BCUT2D eigenvalue weighted by Crippen LogP contribution is -2.32. The Morgan fingerprint density at radius 2 is 0.946 bits per heavy atom. The molecular weight excluding hydrogens is 462 g/mol. The molecule has 5 nitrogen and oxygen atoms in total. The van der Waals surface area contributed by atoms with Crippen LogP contribution in [-0.2, 0) is 9.47 Å². The Morgan fingerprint density at radius 3 is 1.46 bits per heavy atom. The van der Waals surface area contributed by atoms with Crippen molar-refractivity contribution in [1.82, 2.24) is 0 Å². The molecule has 5 aromatic rings. The Morgan fingerprint density at radius 1 is 0.514 bits per heavy atom. The molecule has 0 aromatic heterocycles. The summed E-state index contributed by atoms with van der Waals surface area (Å²) < 4.78 is 11.3. The van der Waals surface area contributed by atoms with Crippen molar-refractivity contribution in [2.24, 2.45) is 0 Å². The van der Waals surface area contributed by atoms with Crippen LogP contribution >= 0.6 is 0 Å². The van der Waals surface area contributed by atoms with Gasteiger partial charge in [-0.25, -0.2) is 9.59 Å². The summed E-state index contributed by atoms with van der Waals surface area (Å²) >= 11 is 0. The lowest BCUT2D eigenvalue weighted by atomic mass is 10.1. The molecule has 0 saturated heterocycles. The van der Waals surface area contributed by atoms with Crippen molar-refractivity contribution < 1.29 is 19.1 Å². The summed E-state index contributed by atoms with van der Waals surface area (Å²) in [4.78, 5) is 27.7. The minimum Gasteiger partial charge on any atom is -0.460 e. The third-order valence-corrected chi connectivity index (χ3v) is 6.33. The first-order valence-corrected chi connectivity index (χ1v) is 12.3. The van der Waals surface area contributed by atoms with Crippen LogP contribution in [0.4, 0.5) is 5.69 Å². The van der Waals surface area contributed by atoms with Crippen molar-refractivity contribution in [2.45, 2.75) is 0 Å². The first kappa shape index (κ1) is 24.1. The normalized spacial score (nSPS) is 10.8. The summed E-state index contributed by atoms with van der Waals surface area (Å²) in [6, 6.07) is 36.6. The van der Waals surface area contributed by atoms with Gasteiger partial charge in [-0.2, -0.15) is 0 Å². The molecule has 184 valence electrons. The van der Waals surface area contributed by atoms with E-state index < -0.39 is 0 Å². The maximum Gasteiger partial charge on any atom is 0.338 e. The minimum atomic E-state index is -0.354. The summed E-state index contributed by atoms with van der Waals surface area (Å²) in [5, 5.41) is 3.73. The molecule has 5 heteroatoms. The van der Waals surface area contributed by atoms with E-state index in [-0.39, 0.29) is 25.2 Å². The van der Waals surface area contributed by atoms with Crippen molar-refractivity contribution >= 4 is 39.2 Å². The molecule has 5 aromatic carbocycles. The van der Waals surface area contributed by atoms with E-state index in [1.54, 1.807) is 12.1 Å². The van der Waals surface area contributed by atoms with Crippen LogP contribution in [-0.4, -0.2) is 38.2 Å². The van der Waals surface area contributed by atoms with E-state index in [1.165, 1.54) is 0 Å². The molecule has 0 bridgehead atoms. The Hall–Kier alpha value is -4.64. The first-order valence-electron chi connectivity index (χ1n) is 12.3. The van der Waals surface area contributed by atoms with Crippen LogP contribution in [0.1, 0.15) is 20.7 Å². The van der Waals surface area contributed by atoms with Gasteiger partial charge in [0.1, 0.15) is 13.2 Å². The molecule has 0 N–H and O–H groups in total. The van der Waals surface area contributed by atoms with Gasteiger partial charge in [-0.15, -0.1) is 0 Å². The van der Waals surface area contributed by atoms with Gasteiger partial charge in [0, 0.05) is 5.69 Å². The van der Waals surface area contributed by atoms with Crippen molar-refractivity contribution in [3.05, 3.63) is 126 Å². The zero-order chi connectivity index (χ0) is 25.5. The Labute approximate surface area is 215 Å². The smallest absolute Gasteiger partial charge is 0.338 e.